The quantitative estimate of drug-likeness (QED) is 0.654. The maximum absolute atomic E-state index is 9.37. The topological polar surface area (TPSA) is 61.1 Å². The normalized spacial score (nSPS) is 16.0. The summed E-state index contributed by atoms with van der Waals surface area (Å²) in [7, 11) is 0. The van der Waals surface area contributed by atoms with Crippen molar-refractivity contribution in [3.05, 3.63) is 0 Å². The van der Waals surface area contributed by atoms with E-state index in [1.54, 1.807) is 6.92 Å². The summed E-state index contributed by atoms with van der Waals surface area (Å²) in [6.45, 7) is 1.60. The molecule has 1 aliphatic carbocycles. The summed E-state index contributed by atoms with van der Waals surface area (Å²) in [6, 6.07) is 2.26. The molecule has 12 heavy (non-hydrogen) atoms. The molecule has 0 amide bonds. The van der Waals surface area contributed by atoms with Crippen LogP contribution in [0.4, 0.5) is 0 Å². The van der Waals surface area contributed by atoms with E-state index >= 15 is 0 Å². The van der Waals surface area contributed by atoms with Crippen LogP contribution in [0.1, 0.15) is 39.0 Å². The van der Waals surface area contributed by atoms with Gasteiger partial charge in [-0.2, -0.15) is 5.26 Å². The number of nitriles is 1. The van der Waals surface area contributed by atoms with Gasteiger partial charge < -0.3 is 5.11 Å². The predicted octanol–water partition coefficient (Wildman–Crippen LogP) is 2.18. The van der Waals surface area contributed by atoms with Gasteiger partial charge in [0.15, 0.2) is 0 Å². The molecular formula is C9H15NO2. The number of nitrogens with zero attached hydrogens (tertiary/aromatic N) is 1. The molecule has 0 aromatic heterocycles. The van der Waals surface area contributed by atoms with Crippen LogP contribution in [0.5, 0.6) is 0 Å². The highest BCUT2D eigenvalue weighted by molar-refractivity contribution is 5.66. The molecule has 0 spiro atoms. The minimum atomic E-state index is -0.745. The third-order valence-corrected chi connectivity index (χ3v) is 1.84. The van der Waals surface area contributed by atoms with Crippen molar-refractivity contribution in [3.8, 4) is 6.07 Å². The Morgan fingerprint density at radius 3 is 2.17 bits per heavy atom. The minimum absolute atomic E-state index is 0.222. The molecule has 0 radical (unpaired) electrons. The third kappa shape index (κ3) is 5.72. The molecule has 0 bridgehead atoms. The van der Waals surface area contributed by atoms with Gasteiger partial charge >= 0.3 is 5.97 Å². The molecular weight excluding hydrogens is 154 g/mol. The largest absolute Gasteiger partial charge is 0.481 e. The first-order chi connectivity index (χ1) is 5.70. The summed E-state index contributed by atoms with van der Waals surface area (Å²) < 4.78 is 0. The van der Waals surface area contributed by atoms with Crippen molar-refractivity contribution in [1.82, 2.24) is 0 Å². The number of rotatable bonds is 1. The van der Waals surface area contributed by atoms with Gasteiger partial charge in [-0.3, -0.25) is 4.79 Å². The fraction of sp³-hybridized carbons (Fsp3) is 0.778. The molecule has 1 aliphatic rings. The lowest BCUT2D eigenvalue weighted by Crippen LogP contribution is -1.86. The van der Waals surface area contributed by atoms with E-state index in [0.29, 0.717) is 5.92 Å². The van der Waals surface area contributed by atoms with E-state index < -0.39 is 5.97 Å². The Balaban J connectivity index is 0.000000217. The molecule has 68 valence electrons. The van der Waals surface area contributed by atoms with Crippen LogP contribution in [0, 0.1) is 17.2 Å². The monoisotopic (exact) mass is 169 g/mol. The van der Waals surface area contributed by atoms with Crippen LogP contribution in [0.15, 0.2) is 0 Å². The molecule has 0 unspecified atom stereocenters. The Bertz CT molecular complexity index is 166. The van der Waals surface area contributed by atoms with E-state index in [1.165, 1.54) is 12.8 Å². The maximum atomic E-state index is 9.37. The van der Waals surface area contributed by atoms with Gasteiger partial charge in [-0.1, -0.05) is 19.8 Å². The van der Waals surface area contributed by atoms with Gasteiger partial charge in [0.2, 0.25) is 0 Å². The average Bonchev–Trinajstić information content (AvgIpc) is 2.57. The maximum Gasteiger partial charge on any atom is 0.303 e. The predicted molar refractivity (Wildman–Crippen MR) is 45.5 cm³/mol. The third-order valence-electron chi connectivity index (χ3n) is 1.84. The highest BCUT2D eigenvalue weighted by atomic mass is 16.4. The van der Waals surface area contributed by atoms with Gasteiger partial charge in [-0.25, -0.2) is 0 Å². The smallest absolute Gasteiger partial charge is 0.303 e. The minimum Gasteiger partial charge on any atom is -0.481 e. The van der Waals surface area contributed by atoms with Crippen LogP contribution in [0.3, 0.4) is 0 Å². The molecule has 3 heteroatoms. The summed E-state index contributed by atoms with van der Waals surface area (Å²) in [6.07, 6.45) is 5.07. The molecule has 1 fully saturated rings. The van der Waals surface area contributed by atoms with E-state index in [4.69, 9.17) is 10.4 Å². The van der Waals surface area contributed by atoms with E-state index in [1.807, 2.05) is 0 Å². The van der Waals surface area contributed by atoms with Crippen LogP contribution in [-0.2, 0) is 4.79 Å². The number of aliphatic carboxylic acids is 1. The zero-order valence-electron chi connectivity index (χ0n) is 7.42. The molecule has 3 nitrogen and oxygen atoms in total. The standard InChI is InChI=1S/C6H9N.C3H6O2/c7-5-6-3-1-2-4-6;1-2-3(4)5/h6H,1-4H2;2H2,1H3,(H,4,5). The van der Waals surface area contributed by atoms with Crippen molar-refractivity contribution in [1.29, 1.82) is 5.26 Å². The van der Waals surface area contributed by atoms with Crippen LogP contribution in [0.25, 0.3) is 0 Å². The lowest BCUT2D eigenvalue weighted by Gasteiger charge is -1.87. The molecule has 0 aromatic carbocycles. The Kier molecular flexibility index (Phi) is 6.08. The van der Waals surface area contributed by atoms with Crippen molar-refractivity contribution >= 4 is 5.97 Å². The number of carboxylic acids is 1. The SMILES string of the molecule is CCC(=O)O.N#CC1CCCC1. The first-order valence-corrected chi connectivity index (χ1v) is 4.32. The van der Waals surface area contributed by atoms with Crippen LogP contribution in [-0.4, -0.2) is 11.1 Å². The van der Waals surface area contributed by atoms with Crippen molar-refractivity contribution in [2.75, 3.05) is 0 Å². The average molecular weight is 169 g/mol. The summed E-state index contributed by atoms with van der Waals surface area (Å²) >= 11 is 0. The number of hydrogen-bond acceptors (Lipinski definition) is 2. The second-order valence-electron chi connectivity index (χ2n) is 2.86. The van der Waals surface area contributed by atoms with Gasteiger partial charge in [0.1, 0.15) is 0 Å². The summed E-state index contributed by atoms with van der Waals surface area (Å²) in [5.41, 5.74) is 0. The van der Waals surface area contributed by atoms with Crippen molar-refractivity contribution < 1.29 is 9.90 Å². The van der Waals surface area contributed by atoms with E-state index in [-0.39, 0.29) is 6.42 Å². The van der Waals surface area contributed by atoms with E-state index in [0.717, 1.165) is 12.8 Å². The first kappa shape index (κ1) is 11.0. The van der Waals surface area contributed by atoms with Crippen molar-refractivity contribution in [3.63, 3.8) is 0 Å². The van der Waals surface area contributed by atoms with Gasteiger partial charge in [-0.05, 0) is 12.8 Å². The van der Waals surface area contributed by atoms with Gasteiger partial charge in [0.25, 0.3) is 0 Å². The Hall–Kier alpha value is -1.04. The summed E-state index contributed by atoms with van der Waals surface area (Å²) in [5.74, 6) is -0.343. The lowest BCUT2D eigenvalue weighted by atomic mass is 10.1. The first-order valence-electron chi connectivity index (χ1n) is 4.32. The summed E-state index contributed by atoms with van der Waals surface area (Å²) in [5, 5.41) is 16.0. The fourth-order valence-corrected chi connectivity index (χ4v) is 1.05. The Labute approximate surface area is 73.0 Å². The van der Waals surface area contributed by atoms with Gasteiger partial charge in [-0.15, -0.1) is 0 Å². The zero-order chi connectivity index (χ0) is 9.40. The second-order valence-corrected chi connectivity index (χ2v) is 2.86. The molecule has 1 rings (SSSR count). The molecule has 0 aliphatic heterocycles. The molecule has 0 saturated heterocycles. The highest BCUT2D eigenvalue weighted by Gasteiger charge is 2.12. The number of hydrogen-bond donors (Lipinski definition) is 1. The zero-order valence-corrected chi connectivity index (χ0v) is 7.42. The van der Waals surface area contributed by atoms with E-state index in [2.05, 4.69) is 6.07 Å². The highest BCUT2D eigenvalue weighted by Crippen LogP contribution is 2.23. The molecule has 0 aromatic rings. The van der Waals surface area contributed by atoms with Crippen molar-refractivity contribution in [2.45, 2.75) is 39.0 Å². The van der Waals surface area contributed by atoms with Gasteiger partial charge in [0.05, 0.1) is 6.07 Å². The van der Waals surface area contributed by atoms with Crippen LogP contribution >= 0.6 is 0 Å². The van der Waals surface area contributed by atoms with Crippen LogP contribution in [0.2, 0.25) is 0 Å². The van der Waals surface area contributed by atoms with Gasteiger partial charge in [0, 0.05) is 12.3 Å². The fourth-order valence-electron chi connectivity index (χ4n) is 1.05. The molecule has 1 saturated carbocycles. The van der Waals surface area contributed by atoms with E-state index in [9.17, 15) is 4.79 Å². The number of carbonyl (C=O) groups is 1. The Morgan fingerprint density at radius 2 is 2.00 bits per heavy atom. The van der Waals surface area contributed by atoms with Crippen LogP contribution < -0.4 is 0 Å². The Morgan fingerprint density at radius 1 is 1.58 bits per heavy atom. The molecule has 0 heterocycles. The molecule has 1 N–H and O–H groups in total. The molecule has 0 atom stereocenters. The summed E-state index contributed by atoms with van der Waals surface area (Å²) in [4.78, 5) is 9.37. The number of carboxylic acid groups (broad SMARTS) is 1. The lowest BCUT2D eigenvalue weighted by molar-refractivity contribution is -0.136. The second kappa shape index (κ2) is 6.66. The van der Waals surface area contributed by atoms with Crippen molar-refractivity contribution in [2.24, 2.45) is 5.92 Å².